The van der Waals surface area contributed by atoms with Crippen LogP contribution >= 0.6 is 0 Å². The molecule has 7 heavy (non-hydrogen) atoms. The van der Waals surface area contributed by atoms with Crippen LogP contribution in [0.1, 0.15) is 6.92 Å². The van der Waals surface area contributed by atoms with Crippen molar-refractivity contribution in [3.63, 3.8) is 0 Å². The van der Waals surface area contributed by atoms with Crippen molar-refractivity contribution in [1.29, 1.82) is 0 Å². The second-order valence-electron chi connectivity index (χ2n) is 2.29. The predicted molar refractivity (Wildman–Crippen MR) is 33.5 cm³/mol. The van der Waals surface area contributed by atoms with Gasteiger partial charge in [-0.25, -0.2) is 0 Å². The minimum atomic E-state index is 0.0729. The van der Waals surface area contributed by atoms with E-state index in [1.807, 2.05) is 0 Å². The highest BCUT2D eigenvalue weighted by Crippen LogP contribution is 2.08. The molecular weight excluding hydrogens is 104 g/mol. The van der Waals surface area contributed by atoms with Gasteiger partial charge in [-0.3, -0.25) is 0 Å². The van der Waals surface area contributed by atoms with Gasteiger partial charge in [-0.2, -0.15) is 0 Å². The van der Waals surface area contributed by atoms with Crippen molar-refractivity contribution in [1.82, 2.24) is 9.13 Å². The molecule has 42 valence electrons. The number of hydrogen-bond acceptors (Lipinski definition) is 2. The first kappa shape index (κ1) is 5.28. The molecule has 2 nitrogen and oxygen atoms in total. The minimum absolute atomic E-state index is 0.0729. The molecule has 0 spiro atoms. The van der Waals surface area contributed by atoms with Gasteiger partial charge in [0.25, 0.3) is 0 Å². The zero-order valence-corrected chi connectivity index (χ0v) is 6.59. The highest BCUT2D eigenvalue weighted by atomic mass is 28.2. The Morgan fingerprint density at radius 3 is 1.71 bits per heavy atom. The van der Waals surface area contributed by atoms with E-state index in [4.69, 9.17) is 0 Å². The summed E-state index contributed by atoms with van der Waals surface area (Å²) in [5, 5.41) is 0. The number of rotatable bonds is 0. The van der Waals surface area contributed by atoms with Crippen LogP contribution in [0.25, 0.3) is 0 Å². The summed E-state index contributed by atoms with van der Waals surface area (Å²) in [6, 6.07) is 0. The van der Waals surface area contributed by atoms with Gasteiger partial charge in [-0.05, 0) is 21.0 Å². The van der Waals surface area contributed by atoms with Crippen LogP contribution in [0, 0.1) is 0 Å². The van der Waals surface area contributed by atoms with Crippen LogP contribution in [0.2, 0.25) is 0 Å². The first-order valence-corrected chi connectivity index (χ1v) is 3.89. The molecule has 0 aromatic heterocycles. The monoisotopic (exact) mass is 116 g/mol. The Bertz CT molecular complexity index is 68.1. The molecule has 0 unspecified atom stereocenters. The van der Waals surface area contributed by atoms with E-state index < -0.39 is 0 Å². The van der Waals surface area contributed by atoms with Crippen molar-refractivity contribution < 1.29 is 0 Å². The fourth-order valence-electron chi connectivity index (χ4n) is 0.828. The molecule has 0 N–H and O–H groups in total. The second kappa shape index (κ2) is 1.58. The van der Waals surface area contributed by atoms with Gasteiger partial charge >= 0.3 is 0 Å². The molecule has 0 amide bonds. The molecule has 1 heterocycles. The zero-order chi connectivity index (χ0) is 5.44. The van der Waals surface area contributed by atoms with Crippen molar-refractivity contribution in [2.45, 2.75) is 13.1 Å². The maximum atomic E-state index is 2.43. The smallest absolute Gasteiger partial charge is 0.174 e. The van der Waals surface area contributed by atoms with Gasteiger partial charge < -0.3 is 9.13 Å². The van der Waals surface area contributed by atoms with Crippen LogP contribution in [0.4, 0.5) is 0 Å². The van der Waals surface area contributed by atoms with Gasteiger partial charge in [0.2, 0.25) is 0 Å². The van der Waals surface area contributed by atoms with Gasteiger partial charge in [0.1, 0.15) is 0 Å². The average Bonchev–Trinajstić information content (AvgIpc) is 1.68. The van der Waals surface area contributed by atoms with Crippen molar-refractivity contribution in [2.24, 2.45) is 0 Å². The van der Waals surface area contributed by atoms with Crippen LogP contribution in [0.5, 0.6) is 0 Å². The van der Waals surface area contributed by atoms with E-state index in [2.05, 4.69) is 30.2 Å². The van der Waals surface area contributed by atoms with E-state index in [-0.39, 0.29) is 9.84 Å². The predicted octanol–water partition coefficient (Wildman–Crippen LogP) is -0.792. The summed E-state index contributed by atoms with van der Waals surface area (Å²) < 4.78 is 4.86. The molecule has 1 rings (SSSR count). The summed E-state index contributed by atoms with van der Waals surface area (Å²) in [5.41, 5.74) is 0. The molecular formula is C4H12N2Si. The summed E-state index contributed by atoms with van der Waals surface area (Å²) >= 11 is 0. The third-order valence-electron chi connectivity index (χ3n) is 1.72. The first-order chi connectivity index (χ1) is 3.22. The van der Waals surface area contributed by atoms with Crippen molar-refractivity contribution >= 4 is 9.84 Å². The lowest BCUT2D eigenvalue weighted by Crippen LogP contribution is -2.61. The van der Waals surface area contributed by atoms with E-state index in [0.29, 0.717) is 0 Å². The summed E-state index contributed by atoms with van der Waals surface area (Å²) in [4.78, 5) is 0. The van der Waals surface area contributed by atoms with Gasteiger partial charge in [-0.15, -0.1) is 0 Å². The summed E-state index contributed by atoms with van der Waals surface area (Å²) in [7, 11) is 4.46. The molecule has 1 aliphatic rings. The maximum absolute atomic E-state index is 2.43. The minimum Gasteiger partial charge on any atom is -0.305 e. The SMILES string of the molecule is CC1N(C)[SiH2]N1C. The highest BCUT2D eigenvalue weighted by Gasteiger charge is 2.25. The summed E-state index contributed by atoms with van der Waals surface area (Å²) in [6.07, 6.45) is 0.728. The molecule has 1 fully saturated rings. The zero-order valence-electron chi connectivity index (χ0n) is 5.18. The van der Waals surface area contributed by atoms with Gasteiger partial charge in [0, 0.05) is 6.17 Å². The molecule has 1 saturated heterocycles. The lowest BCUT2D eigenvalue weighted by molar-refractivity contribution is 0.163. The molecule has 0 bridgehead atoms. The van der Waals surface area contributed by atoms with E-state index in [9.17, 15) is 0 Å². The quantitative estimate of drug-likeness (QED) is 0.383. The fourth-order valence-corrected chi connectivity index (χ4v) is 2.25. The van der Waals surface area contributed by atoms with Gasteiger partial charge in [-0.1, -0.05) is 0 Å². The van der Waals surface area contributed by atoms with Gasteiger partial charge in [0.05, 0.1) is 0 Å². The second-order valence-corrected chi connectivity index (χ2v) is 4.57. The maximum Gasteiger partial charge on any atom is 0.174 e. The number of hydrogen-bond donors (Lipinski definition) is 0. The van der Waals surface area contributed by atoms with Gasteiger partial charge in [0.15, 0.2) is 9.84 Å². The molecule has 3 heteroatoms. The van der Waals surface area contributed by atoms with Crippen LogP contribution < -0.4 is 0 Å². The Hall–Kier alpha value is 0.137. The topological polar surface area (TPSA) is 6.48 Å². The Kier molecular flexibility index (Phi) is 1.19. The Labute approximate surface area is 47.1 Å². The lowest BCUT2D eigenvalue weighted by atomic mass is 10.6. The first-order valence-electron chi connectivity index (χ1n) is 2.62. The van der Waals surface area contributed by atoms with E-state index in [1.54, 1.807) is 0 Å². The van der Waals surface area contributed by atoms with Crippen molar-refractivity contribution in [3.05, 3.63) is 0 Å². The van der Waals surface area contributed by atoms with Crippen molar-refractivity contribution in [2.75, 3.05) is 14.1 Å². The third-order valence-corrected chi connectivity index (χ3v) is 3.67. The molecule has 0 saturated carbocycles. The molecule has 1 aliphatic heterocycles. The molecule has 0 radical (unpaired) electrons. The summed E-state index contributed by atoms with van der Waals surface area (Å²) in [6.45, 7) is 2.23. The number of nitrogens with zero attached hydrogens (tertiary/aromatic N) is 2. The normalized spacial score (nSPS) is 39.0. The van der Waals surface area contributed by atoms with Crippen LogP contribution in [0.3, 0.4) is 0 Å². The lowest BCUT2D eigenvalue weighted by Gasteiger charge is -2.44. The fraction of sp³-hybridized carbons (Fsp3) is 1.00. The van der Waals surface area contributed by atoms with Crippen LogP contribution in [-0.2, 0) is 0 Å². The molecule has 0 atom stereocenters. The highest BCUT2D eigenvalue weighted by molar-refractivity contribution is 6.31. The van der Waals surface area contributed by atoms with Crippen molar-refractivity contribution in [3.8, 4) is 0 Å². The molecule has 0 aromatic carbocycles. The summed E-state index contributed by atoms with van der Waals surface area (Å²) in [5.74, 6) is 0. The molecule has 0 aromatic rings. The van der Waals surface area contributed by atoms with E-state index in [0.717, 1.165) is 6.17 Å². The third kappa shape index (κ3) is 0.713. The Morgan fingerprint density at radius 2 is 1.71 bits per heavy atom. The molecule has 0 aliphatic carbocycles. The van der Waals surface area contributed by atoms with Crippen LogP contribution in [0.15, 0.2) is 0 Å². The standard InChI is InChI=1S/C4H12N2Si/c1-4-5(2)7-6(4)3/h4H,7H2,1-3H3. The Balaban J connectivity index is 2.29. The van der Waals surface area contributed by atoms with E-state index >= 15 is 0 Å². The van der Waals surface area contributed by atoms with Crippen LogP contribution in [-0.4, -0.2) is 39.2 Å². The average molecular weight is 116 g/mol. The largest absolute Gasteiger partial charge is 0.305 e. The Morgan fingerprint density at radius 1 is 1.29 bits per heavy atom. The van der Waals surface area contributed by atoms with E-state index in [1.165, 1.54) is 0 Å².